The molecule has 0 amide bonds. The van der Waals surface area contributed by atoms with Crippen LogP contribution in [-0.2, 0) is 0 Å². The van der Waals surface area contributed by atoms with Crippen molar-refractivity contribution in [2.75, 3.05) is 5.43 Å². The van der Waals surface area contributed by atoms with Crippen LogP contribution in [0.15, 0.2) is 88.6 Å². The zero-order chi connectivity index (χ0) is 17.1. The molecule has 0 aliphatic heterocycles. The first-order valence-corrected chi connectivity index (χ1v) is 8.67. The number of fused-ring (bicyclic) bond motifs is 1. The lowest BCUT2D eigenvalue weighted by Gasteiger charge is -2.06. The van der Waals surface area contributed by atoms with Crippen molar-refractivity contribution >= 4 is 38.9 Å². The highest BCUT2D eigenvalue weighted by atomic mass is 79.9. The molecule has 4 nitrogen and oxygen atoms in total. The van der Waals surface area contributed by atoms with E-state index in [0.29, 0.717) is 0 Å². The lowest BCUT2D eigenvalue weighted by Crippen LogP contribution is -1.99. The van der Waals surface area contributed by atoms with Crippen LogP contribution in [0.5, 0.6) is 0 Å². The molecule has 25 heavy (non-hydrogen) atoms. The minimum atomic E-state index is 0.719. The molecule has 0 aliphatic rings. The number of halogens is 1. The number of nitrogens with zero attached hydrogens (tertiary/aromatic N) is 3. The first-order valence-electron chi connectivity index (χ1n) is 7.88. The highest BCUT2D eigenvalue weighted by Crippen LogP contribution is 2.17. The molecule has 0 saturated carbocycles. The molecule has 0 unspecified atom stereocenters. The predicted octanol–water partition coefficient (Wildman–Crippen LogP) is 5.23. The van der Waals surface area contributed by atoms with Crippen LogP contribution in [-0.4, -0.2) is 15.8 Å². The van der Waals surface area contributed by atoms with Crippen molar-refractivity contribution in [3.05, 3.63) is 89.2 Å². The summed E-state index contributed by atoms with van der Waals surface area (Å²) in [6, 6.07) is 24.1. The van der Waals surface area contributed by atoms with Gasteiger partial charge in [-0.3, -0.25) is 5.43 Å². The lowest BCUT2D eigenvalue weighted by molar-refractivity contribution is 1.06. The molecule has 5 heteroatoms. The highest BCUT2D eigenvalue weighted by molar-refractivity contribution is 9.10. The zero-order valence-corrected chi connectivity index (χ0v) is 14.9. The number of rotatable bonds is 4. The number of pyridine rings is 1. The van der Waals surface area contributed by atoms with E-state index in [4.69, 9.17) is 0 Å². The van der Waals surface area contributed by atoms with Gasteiger partial charge in [-0.25, -0.2) is 4.98 Å². The SMILES string of the molecule is Brc1ccc(-n2cccc2/C=N\Nc2ccc3ccccc3n2)cc1. The molecule has 0 fully saturated rings. The van der Waals surface area contributed by atoms with Gasteiger partial charge in [0.15, 0.2) is 0 Å². The van der Waals surface area contributed by atoms with Gasteiger partial charge in [0.2, 0.25) is 0 Å². The van der Waals surface area contributed by atoms with Crippen LogP contribution in [0, 0.1) is 0 Å². The maximum Gasteiger partial charge on any atom is 0.146 e. The fourth-order valence-corrected chi connectivity index (χ4v) is 2.89. The Kier molecular flexibility index (Phi) is 4.31. The Bertz CT molecular complexity index is 1030. The molecule has 0 atom stereocenters. The van der Waals surface area contributed by atoms with Crippen LogP contribution in [0.3, 0.4) is 0 Å². The molecule has 0 bridgehead atoms. The van der Waals surface area contributed by atoms with Crippen molar-refractivity contribution in [1.29, 1.82) is 0 Å². The average molecular weight is 391 g/mol. The van der Waals surface area contributed by atoms with E-state index in [1.807, 2.05) is 66.9 Å². The Morgan fingerprint density at radius 2 is 1.76 bits per heavy atom. The Morgan fingerprint density at radius 1 is 0.920 bits per heavy atom. The largest absolute Gasteiger partial charge is 0.316 e. The second-order valence-electron chi connectivity index (χ2n) is 5.54. The third-order valence-corrected chi connectivity index (χ3v) is 4.39. The standard InChI is InChI=1S/C20H15BrN4/c21-16-8-10-17(11-9-16)25-13-3-5-18(25)14-22-24-20-12-7-15-4-1-2-6-19(15)23-20/h1-14H,(H,23,24)/b22-14-. The topological polar surface area (TPSA) is 42.2 Å². The zero-order valence-electron chi connectivity index (χ0n) is 13.3. The number of benzene rings is 2. The van der Waals surface area contributed by atoms with Gasteiger partial charge in [-0.05, 0) is 54.6 Å². The fourth-order valence-electron chi connectivity index (χ4n) is 2.63. The first kappa shape index (κ1) is 15.6. The maximum absolute atomic E-state index is 4.55. The van der Waals surface area contributed by atoms with Gasteiger partial charge in [0, 0.05) is 21.7 Å². The Labute approximate surface area is 154 Å². The molecular formula is C20H15BrN4. The van der Waals surface area contributed by atoms with Crippen LogP contribution < -0.4 is 5.43 Å². The Morgan fingerprint density at radius 3 is 2.64 bits per heavy atom. The van der Waals surface area contributed by atoms with Crippen LogP contribution >= 0.6 is 15.9 Å². The fraction of sp³-hybridized carbons (Fsp3) is 0. The molecule has 2 heterocycles. The number of hydrazone groups is 1. The minimum absolute atomic E-state index is 0.719. The average Bonchev–Trinajstić information content (AvgIpc) is 3.11. The Hall–Kier alpha value is -2.92. The predicted molar refractivity (Wildman–Crippen MR) is 106 cm³/mol. The van der Waals surface area contributed by atoms with Crippen LogP contribution in [0.2, 0.25) is 0 Å². The second kappa shape index (κ2) is 6.91. The maximum atomic E-state index is 4.55. The monoisotopic (exact) mass is 390 g/mol. The molecular weight excluding hydrogens is 376 g/mol. The van der Waals surface area contributed by atoms with Gasteiger partial charge in [-0.2, -0.15) is 5.10 Å². The van der Waals surface area contributed by atoms with Gasteiger partial charge in [-0.15, -0.1) is 0 Å². The molecule has 2 aromatic carbocycles. The summed E-state index contributed by atoms with van der Waals surface area (Å²) in [4.78, 5) is 4.55. The van der Waals surface area contributed by atoms with Crippen molar-refractivity contribution in [3.63, 3.8) is 0 Å². The summed E-state index contributed by atoms with van der Waals surface area (Å²) >= 11 is 3.46. The summed E-state index contributed by atoms with van der Waals surface area (Å²) in [7, 11) is 0. The van der Waals surface area contributed by atoms with Crippen LogP contribution in [0.4, 0.5) is 5.82 Å². The van der Waals surface area contributed by atoms with Crippen molar-refractivity contribution in [1.82, 2.24) is 9.55 Å². The first-order chi connectivity index (χ1) is 12.3. The molecule has 0 saturated heterocycles. The van der Waals surface area contributed by atoms with Crippen molar-refractivity contribution in [3.8, 4) is 5.69 Å². The summed E-state index contributed by atoms with van der Waals surface area (Å²) in [5.41, 5.74) is 6.01. The second-order valence-corrected chi connectivity index (χ2v) is 6.45. The normalized spacial score (nSPS) is 11.2. The van der Waals surface area contributed by atoms with Gasteiger partial charge >= 0.3 is 0 Å². The van der Waals surface area contributed by atoms with E-state index in [0.717, 1.165) is 32.6 Å². The van der Waals surface area contributed by atoms with Crippen LogP contribution in [0.25, 0.3) is 16.6 Å². The quantitative estimate of drug-likeness (QED) is 0.382. The van der Waals surface area contributed by atoms with E-state index in [2.05, 4.69) is 48.1 Å². The van der Waals surface area contributed by atoms with Crippen molar-refractivity contribution < 1.29 is 0 Å². The molecule has 1 N–H and O–H groups in total. The third-order valence-electron chi connectivity index (χ3n) is 3.86. The lowest BCUT2D eigenvalue weighted by atomic mass is 10.2. The van der Waals surface area contributed by atoms with Gasteiger partial charge in [0.1, 0.15) is 5.82 Å². The summed E-state index contributed by atoms with van der Waals surface area (Å²) in [6.07, 6.45) is 3.80. The summed E-state index contributed by atoms with van der Waals surface area (Å²) in [5.74, 6) is 0.719. The van der Waals surface area contributed by atoms with Gasteiger partial charge in [-0.1, -0.05) is 34.1 Å². The van der Waals surface area contributed by atoms with E-state index in [1.54, 1.807) is 6.21 Å². The van der Waals surface area contributed by atoms with E-state index < -0.39 is 0 Å². The molecule has 0 aliphatic carbocycles. The molecule has 122 valence electrons. The summed E-state index contributed by atoms with van der Waals surface area (Å²) in [6.45, 7) is 0. The number of para-hydroxylation sites is 1. The number of hydrogen-bond donors (Lipinski definition) is 1. The van der Waals surface area contributed by atoms with Crippen molar-refractivity contribution in [2.24, 2.45) is 5.10 Å². The molecule has 4 aromatic rings. The molecule has 4 rings (SSSR count). The molecule has 2 aromatic heterocycles. The summed E-state index contributed by atoms with van der Waals surface area (Å²) < 4.78 is 3.13. The molecule has 0 spiro atoms. The Balaban J connectivity index is 1.54. The van der Waals surface area contributed by atoms with Crippen LogP contribution in [0.1, 0.15) is 5.69 Å². The number of aromatic nitrogens is 2. The number of hydrogen-bond acceptors (Lipinski definition) is 3. The van der Waals surface area contributed by atoms with E-state index in [-0.39, 0.29) is 0 Å². The highest BCUT2D eigenvalue weighted by Gasteiger charge is 2.01. The van der Waals surface area contributed by atoms with E-state index in [1.165, 1.54) is 0 Å². The number of anilines is 1. The molecule has 0 radical (unpaired) electrons. The van der Waals surface area contributed by atoms with E-state index >= 15 is 0 Å². The van der Waals surface area contributed by atoms with Crippen molar-refractivity contribution in [2.45, 2.75) is 0 Å². The van der Waals surface area contributed by atoms with E-state index in [9.17, 15) is 0 Å². The number of nitrogens with one attached hydrogen (secondary N) is 1. The minimum Gasteiger partial charge on any atom is -0.316 e. The third kappa shape index (κ3) is 3.46. The smallest absolute Gasteiger partial charge is 0.146 e. The van der Waals surface area contributed by atoms with Gasteiger partial charge in [0.05, 0.1) is 17.4 Å². The van der Waals surface area contributed by atoms with Gasteiger partial charge < -0.3 is 4.57 Å². The van der Waals surface area contributed by atoms with Gasteiger partial charge in [0.25, 0.3) is 0 Å². The summed E-state index contributed by atoms with van der Waals surface area (Å²) in [5, 5.41) is 5.44.